The molecule has 0 bridgehead atoms. The highest BCUT2D eigenvalue weighted by Gasteiger charge is 2.27. The van der Waals surface area contributed by atoms with E-state index in [-0.39, 0.29) is 0 Å². The molecule has 8 heteroatoms. The second-order valence-corrected chi connectivity index (χ2v) is 8.02. The van der Waals surface area contributed by atoms with Gasteiger partial charge in [-0.1, -0.05) is 23.5 Å². The Hall–Kier alpha value is -3.57. The van der Waals surface area contributed by atoms with Gasteiger partial charge in [-0.2, -0.15) is 10.2 Å². The molecule has 7 nitrogen and oxygen atoms in total. The molecule has 0 saturated heterocycles. The Morgan fingerprint density at radius 3 is 2.93 bits per heavy atom. The number of aromatic amines is 1. The van der Waals surface area contributed by atoms with E-state index in [4.69, 9.17) is 4.98 Å². The van der Waals surface area contributed by atoms with E-state index in [0.29, 0.717) is 22.6 Å². The van der Waals surface area contributed by atoms with Gasteiger partial charge in [-0.25, -0.2) is 4.98 Å². The van der Waals surface area contributed by atoms with Gasteiger partial charge >= 0.3 is 0 Å². The minimum absolute atomic E-state index is 0.508. The molecular weight excluding hydrogens is 382 g/mol. The van der Waals surface area contributed by atoms with Gasteiger partial charge in [0.2, 0.25) is 5.95 Å². The molecule has 4 aromatic rings. The average Bonchev–Trinajstić information content (AvgIpc) is 3.35. The third kappa shape index (κ3) is 3.48. The minimum Gasteiger partial charge on any atom is -0.299 e. The van der Waals surface area contributed by atoms with Crippen molar-refractivity contribution in [2.75, 3.05) is 5.32 Å². The number of anilines is 2. The van der Waals surface area contributed by atoms with Crippen LogP contribution in [-0.4, -0.2) is 25.1 Å². The Labute approximate surface area is 171 Å². The zero-order chi connectivity index (χ0) is 19.8. The van der Waals surface area contributed by atoms with Crippen LogP contribution in [0.3, 0.4) is 0 Å². The predicted octanol–water partition coefficient (Wildman–Crippen LogP) is 4.79. The second kappa shape index (κ2) is 7.11. The zero-order valence-corrected chi connectivity index (χ0v) is 16.5. The van der Waals surface area contributed by atoms with Gasteiger partial charge in [-0.15, -0.1) is 5.10 Å². The number of nitriles is 1. The lowest BCUT2D eigenvalue weighted by atomic mass is 10.0. The first-order valence-electron chi connectivity index (χ1n) is 9.33. The number of H-pyrrole nitrogens is 1. The SMILES string of the molecule is Cc1cnccc1-c1sc(Nc2n[nH]c(C3CC3)n2)nc1-c1cccc(C#N)c1. The van der Waals surface area contributed by atoms with Gasteiger partial charge in [-0.05, 0) is 49.1 Å². The van der Waals surface area contributed by atoms with E-state index in [1.165, 1.54) is 11.3 Å². The number of nitrogens with zero attached hydrogens (tertiary/aromatic N) is 5. The van der Waals surface area contributed by atoms with Gasteiger partial charge in [0.1, 0.15) is 5.82 Å². The van der Waals surface area contributed by atoms with E-state index in [2.05, 4.69) is 31.6 Å². The third-order valence-corrected chi connectivity index (χ3v) is 5.85. The number of rotatable bonds is 5. The quantitative estimate of drug-likeness (QED) is 0.500. The molecule has 0 aliphatic heterocycles. The number of pyridine rings is 1. The van der Waals surface area contributed by atoms with E-state index < -0.39 is 0 Å². The number of nitrogens with one attached hydrogen (secondary N) is 2. The van der Waals surface area contributed by atoms with Crippen LogP contribution >= 0.6 is 11.3 Å². The van der Waals surface area contributed by atoms with Crippen molar-refractivity contribution in [3.8, 4) is 27.8 Å². The Balaban J connectivity index is 1.57. The van der Waals surface area contributed by atoms with Crippen LogP contribution in [0, 0.1) is 18.3 Å². The molecule has 0 amide bonds. The zero-order valence-electron chi connectivity index (χ0n) is 15.7. The molecule has 1 aromatic carbocycles. The summed E-state index contributed by atoms with van der Waals surface area (Å²) in [5.41, 5.74) is 4.45. The van der Waals surface area contributed by atoms with E-state index in [9.17, 15) is 5.26 Å². The smallest absolute Gasteiger partial charge is 0.248 e. The molecule has 3 heterocycles. The second-order valence-electron chi connectivity index (χ2n) is 7.02. The third-order valence-electron chi connectivity index (χ3n) is 4.84. The van der Waals surface area contributed by atoms with Gasteiger partial charge in [0.25, 0.3) is 0 Å². The molecule has 0 radical (unpaired) electrons. The van der Waals surface area contributed by atoms with Crippen LogP contribution in [-0.2, 0) is 0 Å². The molecular formula is C21H17N7S. The first-order valence-corrected chi connectivity index (χ1v) is 10.1. The van der Waals surface area contributed by atoms with Crippen molar-refractivity contribution < 1.29 is 0 Å². The fourth-order valence-electron chi connectivity index (χ4n) is 3.18. The largest absolute Gasteiger partial charge is 0.299 e. The van der Waals surface area contributed by atoms with Gasteiger partial charge in [0, 0.05) is 23.9 Å². The van der Waals surface area contributed by atoms with E-state index in [0.717, 1.165) is 45.9 Å². The van der Waals surface area contributed by atoms with Crippen LogP contribution in [0.5, 0.6) is 0 Å². The normalized spacial score (nSPS) is 13.2. The Bertz CT molecular complexity index is 1230. The Morgan fingerprint density at radius 2 is 2.14 bits per heavy atom. The van der Waals surface area contributed by atoms with Crippen LogP contribution in [0.1, 0.15) is 35.7 Å². The van der Waals surface area contributed by atoms with Gasteiger partial charge in [-0.3, -0.25) is 15.4 Å². The van der Waals surface area contributed by atoms with Crippen molar-refractivity contribution >= 4 is 22.4 Å². The summed E-state index contributed by atoms with van der Waals surface area (Å²) in [4.78, 5) is 14.6. The van der Waals surface area contributed by atoms with Crippen LogP contribution in [0.2, 0.25) is 0 Å². The standard InChI is InChI=1S/C21H17N7S/c1-12-11-23-8-7-16(12)18-17(15-4-2-3-13(9-15)10-22)24-21(29-18)26-20-25-19(27-28-20)14-5-6-14/h2-4,7-9,11,14H,5-6H2,1H3,(H2,24,25,26,27,28). The first-order chi connectivity index (χ1) is 14.2. The van der Waals surface area contributed by atoms with E-state index in [1.54, 1.807) is 12.3 Å². The maximum Gasteiger partial charge on any atom is 0.248 e. The lowest BCUT2D eigenvalue weighted by molar-refractivity contribution is 0.935. The molecule has 2 N–H and O–H groups in total. The fourth-order valence-corrected chi connectivity index (χ4v) is 4.25. The highest BCUT2D eigenvalue weighted by molar-refractivity contribution is 7.19. The van der Waals surface area contributed by atoms with Crippen LogP contribution in [0.15, 0.2) is 42.7 Å². The molecule has 29 heavy (non-hydrogen) atoms. The van der Waals surface area contributed by atoms with Crippen molar-refractivity contribution in [1.29, 1.82) is 5.26 Å². The molecule has 1 aliphatic rings. The molecule has 1 aliphatic carbocycles. The maximum absolute atomic E-state index is 9.28. The highest BCUT2D eigenvalue weighted by atomic mass is 32.1. The van der Waals surface area contributed by atoms with Crippen molar-refractivity contribution in [3.63, 3.8) is 0 Å². The molecule has 0 spiro atoms. The van der Waals surface area contributed by atoms with Gasteiger partial charge in [0.15, 0.2) is 5.13 Å². The first kappa shape index (κ1) is 17.5. The summed E-state index contributed by atoms with van der Waals surface area (Å²) in [7, 11) is 0. The molecule has 0 atom stereocenters. The van der Waals surface area contributed by atoms with Crippen LogP contribution in [0.25, 0.3) is 21.7 Å². The molecule has 3 aromatic heterocycles. The van der Waals surface area contributed by atoms with Gasteiger partial charge in [0.05, 0.1) is 22.2 Å². The summed E-state index contributed by atoms with van der Waals surface area (Å²) in [6.07, 6.45) is 5.95. The summed E-state index contributed by atoms with van der Waals surface area (Å²) in [6.45, 7) is 2.03. The molecule has 1 saturated carbocycles. The van der Waals surface area contributed by atoms with E-state index in [1.807, 2.05) is 37.4 Å². The van der Waals surface area contributed by atoms with Crippen LogP contribution in [0.4, 0.5) is 11.1 Å². The van der Waals surface area contributed by atoms with Crippen molar-refractivity contribution in [3.05, 3.63) is 59.7 Å². The number of hydrogen-bond donors (Lipinski definition) is 2. The Morgan fingerprint density at radius 1 is 1.24 bits per heavy atom. The number of hydrogen-bond acceptors (Lipinski definition) is 7. The summed E-state index contributed by atoms with van der Waals surface area (Å²) < 4.78 is 0. The number of aromatic nitrogens is 5. The lowest BCUT2D eigenvalue weighted by Crippen LogP contribution is -1.92. The van der Waals surface area contributed by atoms with Crippen molar-refractivity contribution in [2.24, 2.45) is 0 Å². The maximum atomic E-state index is 9.28. The van der Waals surface area contributed by atoms with Crippen LogP contribution < -0.4 is 5.32 Å². The number of thiazole rings is 1. The van der Waals surface area contributed by atoms with E-state index >= 15 is 0 Å². The average molecular weight is 399 g/mol. The number of aryl methyl sites for hydroxylation is 1. The molecule has 5 rings (SSSR count). The monoisotopic (exact) mass is 399 g/mol. The minimum atomic E-state index is 0.508. The summed E-state index contributed by atoms with van der Waals surface area (Å²) in [6, 6.07) is 11.7. The molecule has 1 fully saturated rings. The molecule has 142 valence electrons. The van der Waals surface area contributed by atoms with Gasteiger partial charge < -0.3 is 0 Å². The highest BCUT2D eigenvalue weighted by Crippen LogP contribution is 2.41. The molecule has 0 unspecified atom stereocenters. The summed E-state index contributed by atoms with van der Waals surface area (Å²) >= 11 is 1.54. The predicted molar refractivity (Wildman–Crippen MR) is 112 cm³/mol. The Kier molecular flexibility index (Phi) is 4.30. The fraction of sp³-hybridized carbons (Fsp3) is 0.190. The summed E-state index contributed by atoms with van der Waals surface area (Å²) in [5.74, 6) is 1.96. The topological polar surface area (TPSA) is 103 Å². The summed E-state index contributed by atoms with van der Waals surface area (Å²) in [5, 5.41) is 20.5. The van der Waals surface area contributed by atoms with Crippen molar-refractivity contribution in [2.45, 2.75) is 25.7 Å². The van der Waals surface area contributed by atoms with Crippen molar-refractivity contribution in [1.82, 2.24) is 25.1 Å². The number of benzene rings is 1. The lowest BCUT2D eigenvalue weighted by Gasteiger charge is -2.05.